The summed E-state index contributed by atoms with van der Waals surface area (Å²) in [5.41, 5.74) is 15.1. The summed E-state index contributed by atoms with van der Waals surface area (Å²) in [7, 11) is 0. The highest BCUT2D eigenvalue weighted by Crippen LogP contribution is 2.43. The van der Waals surface area contributed by atoms with Gasteiger partial charge in [-0.3, -0.25) is 0 Å². The van der Waals surface area contributed by atoms with Crippen LogP contribution in [0.1, 0.15) is 5.69 Å². The molecule has 11 rings (SSSR count). The van der Waals surface area contributed by atoms with Gasteiger partial charge < -0.3 is 14.0 Å². The summed E-state index contributed by atoms with van der Waals surface area (Å²) >= 11 is 0. The Morgan fingerprint density at radius 3 is 1.72 bits per heavy atom. The maximum absolute atomic E-state index is 3.88. The number of rotatable bonds is 9. The fraction of sp³-hybridized carbons (Fsp3) is 0. The molecule has 3 nitrogen and oxygen atoms in total. The minimum Gasteiger partial charge on any atom is -0.310 e. The standard InChI is InChI=1S/C58H41N3/c1-2-3-17-49-39-44-16-10-14-25-55(44)60(49)48-34-29-42(30-35-48)41-27-32-47(33-28-41)59(45-18-6-4-7-19-45)57-38-36-50(51-22-11-12-23-52(51)57)43-31-37-58-54(40-43)53-24-13-15-26-56(53)61(58)46-20-8-5-9-21-46/h2-40H,1H2/b17-3-. The number of hydrogen-bond donors (Lipinski definition) is 0. The molecule has 0 amide bonds. The lowest BCUT2D eigenvalue weighted by molar-refractivity contribution is 1.11. The molecular formula is C58H41N3. The Bertz CT molecular complexity index is 3410. The van der Waals surface area contributed by atoms with Crippen LogP contribution in [0, 0.1) is 0 Å². The summed E-state index contributed by atoms with van der Waals surface area (Å²) in [4.78, 5) is 2.38. The summed E-state index contributed by atoms with van der Waals surface area (Å²) in [6.45, 7) is 3.88. The van der Waals surface area contributed by atoms with E-state index in [1.807, 2.05) is 12.2 Å². The van der Waals surface area contributed by atoms with Crippen molar-refractivity contribution in [3.8, 4) is 33.6 Å². The first-order valence-corrected chi connectivity index (χ1v) is 20.8. The van der Waals surface area contributed by atoms with Crippen LogP contribution in [0.5, 0.6) is 0 Å². The maximum atomic E-state index is 3.88. The molecule has 2 aromatic heterocycles. The number of hydrogen-bond acceptors (Lipinski definition) is 1. The number of allylic oxidation sites excluding steroid dienone is 2. The summed E-state index contributed by atoms with van der Waals surface area (Å²) in [5.74, 6) is 0. The molecule has 0 fully saturated rings. The number of fused-ring (bicyclic) bond motifs is 5. The first kappa shape index (κ1) is 36.0. The molecule has 0 aliphatic rings. The molecule has 2 heterocycles. The van der Waals surface area contributed by atoms with E-state index in [2.05, 4.69) is 245 Å². The second kappa shape index (κ2) is 15.2. The van der Waals surface area contributed by atoms with E-state index in [0.29, 0.717) is 0 Å². The summed E-state index contributed by atoms with van der Waals surface area (Å²) < 4.78 is 4.68. The molecule has 0 aliphatic carbocycles. The zero-order chi connectivity index (χ0) is 40.7. The highest BCUT2D eigenvalue weighted by atomic mass is 15.1. The van der Waals surface area contributed by atoms with Crippen molar-refractivity contribution in [2.45, 2.75) is 0 Å². The SMILES string of the molecule is C=C/C=C\c1cc2ccccc2n1-c1ccc(-c2ccc(N(c3ccccc3)c3ccc(-c4ccc5c(c4)c4ccccc4n5-c4ccccc4)c4ccccc34)cc2)cc1. The lowest BCUT2D eigenvalue weighted by Crippen LogP contribution is -2.10. The summed E-state index contributed by atoms with van der Waals surface area (Å²) in [6.07, 6.45) is 5.92. The third kappa shape index (κ3) is 6.32. The minimum atomic E-state index is 1.09. The van der Waals surface area contributed by atoms with Crippen molar-refractivity contribution in [2.75, 3.05) is 4.90 Å². The molecule has 288 valence electrons. The number of benzene rings is 9. The molecule has 0 N–H and O–H groups in total. The highest BCUT2D eigenvalue weighted by Gasteiger charge is 2.19. The van der Waals surface area contributed by atoms with Crippen LogP contribution in [0.25, 0.3) is 83.2 Å². The van der Waals surface area contributed by atoms with Gasteiger partial charge in [0.2, 0.25) is 0 Å². The van der Waals surface area contributed by atoms with Crippen LogP contribution < -0.4 is 4.90 Å². The molecule has 9 aromatic carbocycles. The lowest BCUT2D eigenvalue weighted by Gasteiger charge is -2.27. The second-order valence-corrected chi connectivity index (χ2v) is 15.4. The van der Waals surface area contributed by atoms with Crippen molar-refractivity contribution >= 4 is 66.6 Å². The third-order valence-corrected chi connectivity index (χ3v) is 11.9. The molecule has 0 aliphatic heterocycles. The molecule has 3 heteroatoms. The number of anilines is 3. The van der Waals surface area contributed by atoms with E-state index < -0.39 is 0 Å². The highest BCUT2D eigenvalue weighted by molar-refractivity contribution is 6.12. The van der Waals surface area contributed by atoms with Gasteiger partial charge in [0.1, 0.15) is 0 Å². The average Bonchev–Trinajstić information content (AvgIpc) is 3.87. The first-order chi connectivity index (χ1) is 30.2. The van der Waals surface area contributed by atoms with E-state index in [4.69, 9.17) is 0 Å². The van der Waals surface area contributed by atoms with Gasteiger partial charge in [-0.1, -0.05) is 152 Å². The molecule has 0 radical (unpaired) electrons. The Labute approximate surface area is 355 Å². The van der Waals surface area contributed by atoms with Gasteiger partial charge in [-0.25, -0.2) is 0 Å². The predicted molar refractivity (Wildman–Crippen MR) is 260 cm³/mol. The fourth-order valence-electron chi connectivity index (χ4n) is 9.09. The fourth-order valence-corrected chi connectivity index (χ4v) is 9.09. The van der Waals surface area contributed by atoms with Gasteiger partial charge in [0.05, 0.1) is 22.2 Å². The van der Waals surface area contributed by atoms with Crippen LogP contribution in [0.2, 0.25) is 0 Å². The van der Waals surface area contributed by atoms with Crippen molar-refractivity contribution in [2.24, 2.45) is 0 Å². The summed E-state index contributed by atoms with van der Waals surface area (Å²) in [6, 6.07) is 79.0. The predicted octanol–water partition coefficient (Wildman–Crippen LogP) is 15.9. The molecular weight excluding hydrogens is 739 g/mol. The minimum absolute atomic E-state index is 1.09. The molecule has 61 heavy (non-hydrogen) atoms. The van der Waals surface area contributed by atoms with Crippen molar-refractivity contribution in [3.63, 3.8) is 0 Å². The number of aromatic nitrogens is 2. The van der Waals surface area contributed by atoms with Crippen LogP contribution in [0.15, 0.2) is 237 Å². The van der Waals surface area contributed by atoms with Crippen LogP contribution in [0.4, 0.5) is 17.1 Å². The Morgan fingerprint density at radius 2 is 0.967 bits per heavy atom. The van der Waals surface area contributed by atoms with Gasteiger partial charge in [0, 0.05) is 50.0 Å². The summed E-state index contributed by atoms with van der Waals surface area (Å²) in [5, 5.41) is 6.10. The van der Waals surface area contributed by atoms with E-state index in [1.165, 1.54) is 60.2 Å². The van der Waals surface area contributed by atoms with E-state index in [1.54, 1.807) is 0 Å². The molecule has 0 saturated carbocycles. The van der Waals surface area contributed by atoms with Gasteiger partial charge in [0.15, 0.2) is 0 Å². The smallest absolute Gasteiger partial charge is 0.0541 e. The van der Waals surface area contributed by atoms with Gasteiger partial charge in [-0.15, -0.1) is 0 Å². The zero-order valence-corrected chi connectivity index (χ0v) is 33.6. The maximum Gasteiger partial charge on any atom is 0.0541 e. The molecule has 11 aromatic rings. The van der Waals surface area contributed by atoms with Crippen LogP contribution >= 0.6 is 0 Å². The van der Waals surface area contributed by atoms with E-state index in [0.717, 1.165) is 39.7 Å². The molecule has 0 atom stereocenters. The van der Waals surface area contributed by atoms with Crippen molar-refractivity contribution in [1.82, 2.24) is 9.13 Å². The molecule has 0 spiro atoms. The van der Waals surface area contributed by atoms with Gasteiger partial charge in [-0.05, 0) is 119 Å². The Morgan fingerprint density at radius 1 is 0.393 bits per heavy atom. The average molecular weight is 780 g/mol. The zero-order valence-electron chi connectivity index (χ0n) is 33.6. The normalized spacial score (nSPS) is 11.6. The Balaban J connectivity index is 0.974. The van der Waals surface area contributed by atoms with Gasteiger partial charge in [0.25, 0.3) is 0 Å². The van der Waals surface area contributed by atoms with Crippen LogP contribution in [-0.2, 0) is 0 Å². The van der Waals surface area contributed by atoms with Crippen LogP contribution in [0.3, 0.4) is 0 Å². The third-order valence-electron chi connectivity index (χ3n) is 11.9. The Hall–Kier alpha value is -8.14. The topological polar surface area (TPSA) is 13.1 Å². The Kier molecular flexibility index (Phi) is 8.98. The van der Waals surface area contributed by atoms with Crippen molar-refractivity contribution < 1.29 is 0 Å². The van der Waals surface area contributed by atoms with E-state index in [-0.39, 0.29) is 0 Å². The molecule has 0 saturated heterocycles. The van der Waals surface area contributed by atoms with Gasteiger partial charge in [-0.2, -0.15) is 0 Å². The quantitative estimate of drug-likeness (QED) is 0.133. The number of nitrogens with zero attached hydrogens (tertiary/aromatic N) is 3. The van der Waals surface area contributed by atoms with Crippen molar-refractivity contribution in [3.05, 3.63) is 243 Å². The van der Waals surface area contributed by atoms with E-state index >= 15 is 0 Å². The van der Waals surface area contributed by atoms with Crippen LogP contribution in [-0.4, -0.2) is 9.13 Å². The molecule has 0 unspecified atom stereocenters. The van der Waals surface area contributed by atoms with Crippen molar-refractivity contribution in [1.29, 1.82) is 0 Å². The van der Waals surface area contributed by atoms with Gasteiger partial charge >= 0.3 is 0 Å². The largest absolute Gasteiger partial charge is 0.310 e. The number of para-hydroxylation sites is 4. The monoisotopic (exact) mass is 779 g/mol. The van der Waals surface area contributed by atoms with E-state index in [9.17, 15) is 0 Å². The second-order valence-electron chi connectivity index (χ2n) is 15.4. The first-order valence-electron chi connectivity index (χ1n) is 20.8. The lowest BCUT2D eigenvalue weighted by atomic mass is 9.95. The molecule has 0 bridgehead atoms.